The second-order valence-electron chi connectivity index (χ2n) is 10.0. The summed E-state index contributed by atoms with van der Waals surface area (Å²) < 4.78 is 70.0. The van der Waals surface area contributed by atoms with E-state index >= 15 is 4.39 Å². The van der Waals surface area contributed by atoms with Gasteiger partial charge in [0.1, 0.15) is 11.6 Å². The second kappa shape index (κ2) is 11.6. The number of nitrogens with two attached hydrogens (primary N) is 1. The van der Waals surface area contributed by atoms with E-state index in [0.29, 0.717) is 11.1 Å². The number of carbonyl (C=O) groups is 1. The molecule has 0 saturated carbocycles. The fourth-order valence-corrected chi connectivity index (χ4v) is 4.89. The third kappa shape index (κ3) is 7.51. The maximum atomic E-state index is 15.2. The van der Waals surface area contributed by atoms with Crippen molar-refractivity contribution in [1.82, 2.24) is 14.0 Å². The van der Waals surface area contributed by atoms with Crippen molar-refractivity contribution >= 4 is 27.0 Å². The quantitative estimate of drug-likeness (QED) is 0.334. The fraction of sp³-hybridized carbons (Fsp3) is 0.308. The zero-order valence-corrected chi connectivity index (χ0v) is 23.7. The van der Waals surface area contributed by atoms with Crippen molar-refractivity contribution in [2.24, 2.45) is 12.2 Å². The van der Waals surface area contributed by atoms with Gasteiger partial charge < -0.3 is 4.57 Å². The molecule has 3 aromatic rings. The van der Waals surface area contributed by atoms with Gasteiger partial charge in [0.2, 0.25) is 0 Å². The van der Waals surface area contributed by atoms with Crippen molar-refractivity contribution in [3.63, 3.8) is 0 Å². The summed E-state index contributed by atoms with van der Waals surface area (Å²) in [5, 5.41) is 5.01. The van der Waals surface area contributed by atoms with Crippen LogP contribution in [0.15, 0.2) is 53.5 Å². The molecule has 0 radical (unpaired) electrons. The molecule has 0 saturated heterocycles. The number of rotatable bonds is 9. The topological polar surface area (TPSA) is 140 Å². The first-order chi connectivity index (χ1) is 18.0. The molecule has 1 aromatic heterocycles. The second-order valence-corrected chi connectivity index (χ2v) is 13.4. The minimum atomic E-state index is -4.16. The Kier molecular flexibility index (Phi) is 9.02. The highest BCUT2D eigenvalue weighted by atomic mass is 32.2. The van der Waals surface area contributed by atoms with Gasteiger partial charge in [-0.1, -0.05) is 0 Å². The molecule has 13 heteroatoms. The van der Waals surface area contributed by atoms with Gasteiger partial charge in [0.15, 0.2) is 5.78 Å². The molecule has 0 aliphatic rings. The summed E-state index contributed by atoms with van der Waals surface area (Å²) in [4.78, 5) is 26.1. The van der Waals surface area contributed by atoms with Crippen LogP contribution in [0.2, 0.25) is 0 Å². The van der Waals surface area contributed by atoms with Crippen molar-refractivity contribution < 1.29 is 26.2 Å². The van der Waals surface area contributed by atoms with Crippen LogP contribution in [0.25, 0.3) is 11.1 Å². The number of ketones is 1. The van der Waals surface area contributed by atoms with Crippen molar-refractivity contribution in [3.05, 3.63) is 92.9 Å². The zero-order valence-electron chi connectivity index (χ0n) is 22.0. The monoisotopic (exact) mass is 580 g/mol. The number of pyridine rings is 1. The highest BCUT2D eigenvalue weighted by Crippen LogP contribution is 2.34. The molecular formula is C26H30F2N4O5S2. The lowest BCUT2D eigenvalue weighted by atomic mass is 9.89. The van der Waals surface area contributed by atoms with E-state index in [-0.39, 0.29) is 27.8 Å². The van der Waals surface area contributed by atoms with E-state index in [9.17, 15) is 26.6 Å². The Morgan fingerprint density at radius 3 is 2.28 bits per heavy atom. The van der Waals surface area contributed by atoms with Gasteiger partial charge in [-0.05, 0) is 75.2 Å². The van der Waals surface area contributed by atoms with E-state index < -0.39 is 55.9 Å². The number of nitrogens with zero attached hydrogens (tertiary/aromatic N) is 1. The van der Waals surface area contributed by atoms with Crippen LogP contribution in [0.5, 0.6) is 0 Å². The standard InChI is InChI=1S/C26H30F2N4O5S2/c1-15(31-38(35)26(2,3)4)19-12-24(33)32(5)14-22(19)20-10-17(13-30-39(29,36)37)23(28)11-21(20)25(34)16-6-8-18(27)9-7-16/h6-12,14-15,30-31H,13H2,1-5H3,(H2,29,36,37)/t15-,38-/m0/s1. The molecule has 0 aliphatic heterocycles. The van der Waals surface area contributed by atoms with Gasteiger partial charge in [-0.3, -0.25) is 9.59 Å². The summed E-state index contributed by atoms with van der Waals surface area (Å²) in [5.41, 5.74) is 0.368. The van der Waals surface area contributed by atoms with Gasteiger partial charge in [0, 0.05) is 54.2 Å². The van der Waals surface area contributed by atoms with Crippen LogP contribution in [0.3, 0.4) is 0 Å². The first-order valence-corrected chi connectivity index (χ1v) is 14.5. The van der Waals surface area contributed by atoms with Gasteiger partial charge in [-0.2, -0.15) is 13.1 Å². The lowest BCUT2D eigenvalue weighted by Crippen LogP contribution is -2.35. The Balaban J connectivity index is 2.29. The highest BCUT2D eigenvalue weighted by Gasteiger charge is 2.26. The van der Waals surface area contributed by atoms with Crippen LogP contribution in [-0.4, -0.2) is 27.7 Å². The molecule has 3 rings (SSSR count). The van der Waals surface area contributed by atoms with Crippen molar-refractivity contribution in [3.8, 4) is 11.1 Å². The normalized spacial score (nSPS) is 13.7. The summed E-state index contributed by atoms with van der Waals surface area (Å²) in [5.74, 6) is -2.07. The van der Waals surface area contributed by atoms with Crippen LogP contribution in [0.4, 0.5) is 8.78 Å². The van der Waals surface area contributed by atoms with Gasteiger partial charge in [-0.25, -0.2) is 22.9 Å². The van der Waals surface area contributed by atoms with Crippen LogP contribution in [0.1, 0.15) is 60.8 Å². The highest BCUT2D eigenvalue weighted by molar-refractivity contribution is 7.87. The number of aryl methyl sites for hydroxylation is 1. The summed E-state index contributed by atoms with van der Waals surface area (Å²) in [6, 6.07) is 7.63. The van der Waals surface area contributed by atoms with Crippen molar-refractivity contribution in [2.45, 2.75) is 45.0 Å². The number of hydrogen-bond acceptors (Lipinski definition) is 5. The summed E-state index contributed by atoms with van der Waals surface area (Å²) in [6.45, 7) is 6.51. The molecule has 0 unspecified atom stereocenters. The minimum absolute atomic E-state index is 0.0823. The fourth-order valence-electron chi connectivity index (χ4n) is 3.73. The Morgan fingerprint density at radius 2 is 1.72 bits per heavy atom. The summed E-state index contributed by atoms with van der Waals surface area (Å²) in [7, 11) is -4.19. The largest absolute Gasteiger partial charge is 0.318 e. The smallest absolute Gasteiger partial charge is 0.274 e. The van der Waals surface area contributed by atoms with Gasteiger partial charge in [0.25, 0.3) is 15.8 Å². The van der Waals surface area contributed by atoms with Crippen LogP contribution in [-0.2, 0) is 34.8 Å². The van der Waals surface area contributed by atoms with Crippen LogP contribution >= 0.6 is 0 Å². The van der Waals surface area contributed by atoms with Crippen LogP contribution in [0, 0.1) is 11.6 Å². The van der Waals surface area contributed by atoms with E-state index in [4.69, 9.17) is 5.14 Å². The lowest BCUT2D eigenvalue weighted by molar-refractivity contribution is 0.103. The molecule has 210 valence electrons. The lowest BCUT2D eigenvalue weighted by Gasteiger charge is -2.24. The zero-order chi connectivity index (χ0) is 29.3. The number of benzene rings is 2. The average molecular weight is 581 g/mol. The molecule has 0 spiro atoms. The number of hydrogen-bond donors (Lipinski definition) is 3. The molecule has 0 bridgehead atoms. The van der Waals surface area contributed by atoms with Gasteiger partial charge in [-0.15, -0.1) is 0 Å². The molecule has 0 amide bonds. The molecular weight excluding hydrogens is 550 g/mol. The Morgan fingerprint density at radius 1 is 1.10 bits per heavy atom. The maximum Gasteiger partial charge on any atom is 0.274 e. The third-order valence-corrected chi connectivity index (χ3v) is 8.09. The molecule has 2 atom stereocenters. The summed E-state index contributed by atoms with van der Waals surface area (Å²) >= 11 is 0. The Bertz CT molecular complexity index is 1600. The van der Waals surface area contributed by atoms with Gasteiger partial charge >= 0.3 is 0 Å². The summed E-state index contributed by atoms with van der Waals surface area (Å²) in [6.07, 6.45) is 1.46. The van der Waals surface area contributed by atoms with Gasteiger partial charge in [0.05, 0.1) is 15.7 Å². The first-order valence-electron chi connectivity index (χ1n) is 11.8. The molecule has 1 heterocycles. The van der Waals surface area contributed by atoms with Crippen molar-refractivity contribution in [2.75, 3.05) is 0 Å². The van der Waals surface area contributed by atoms with Crippen molar-refractivity contribution in [1.29, 1.82) is 0 Å². The molecule has 4 N–H and O–H groups in total. The number of halogens is 2. The predicted octanol–water partition coefficient (Wildman–Crippen LogP) is 2.97. The molecule has 0 fully saturated rings. The molecule has 39 heavy (non-hydrogen) atoms. The molecule has 2 aromatic carbocycles. The number of carbonyl (C=O) groups excluding carboxylic acids is 1. The van der Waals surface area contributed by atoms with E-state index in [1.54, 1.807) is 27.7 Å². The van der Waals surface area contributed by atoms with E-state index in [0.717, 1.165) is 18.2 Å². The van der Waals surface area contributed by atoms with E-state index in [1.165, 1.54) is 42.1 Å². The Hall–Kier alpha value is -3.10. The predicted molar refractivity (Wildman–Crippen MR) is 146 cm³/mol. The SMILES string of the molecule is C[C@H](N[S@@](=O)C(C)(C)C)c1cc(=O)n(C)cc1-c1cc(CNS(N)(=O)=O)c(F)cc1C(=O)c1ccc(F)cc1. The molecule has 0 aliphatic carbocycles. The van der Waals surface area contributed by atoms with E-state index in [1.807, 2.05) is 4.72 Å². The Labute approximate surface area is 228 Å². The third-order valence-electron chi connectivity index (χ3n) is 5.86. The first kappa shape index (κ1) is 30.4. The number of aromatic nitrogens is 1. The average Bonchev–Trinajstić information content (AvgIpc) is 2.83. The van der Waals surface area contributed by atoms with E-state index in [2.05, 4.69) is 4.72 Å². The molecule has 9 nitrogen and oxygen atoms in total. The number of nitrogens with one attached hydrogen (secondary N) is 2. The minimum Gasteiger partial charge on any atom is -0.318 e. The van der Waals surface area contributed by atoms with Crippen LogP contribution < -0.4 is 20.1 Å². The maximum absolute atomic E-state index is 15.2.